The molecule has 0 fully saturated rings. The van der Waals surface area contributed by atoms with E-state index in [9.17, 15) is 4.79 Å². The van der Waals surface area contributed by atoms with Crippen LogP contribution in [0, 0.1) is 6.92 Å². The number of ether oxygens (including phenoxy) is 1. The molecule has 2 aromatic carbocycles. The minimum Gasteiger partial charge on any atom is -0.486 e. The predicted octanol–water partition coefficient (Wildman–Crippen LogP) is 4.96. The van der Waals surface area contributed by atoms with E-state index in [1.54, 1.807) is 11.2 Å². The number of rotatable bonds is 9. The van der Waals surface area contributed by atoms with Crippen LogP contribution in [0.15, 0.2) is 76.7 Å². The minimum absolute atomic E-state index is 0.0629. The fourth-order valence-corrected chi connectivity index (χ4v) is 3.95. The predicted molar refractivity (Wildman–Crippen MR) is 122 cm³/mol. The number of aromatic nitrogens is 1. The first-order valence-electron chi connectivity index (χ1n) is 10.2. The van der Waals surface area contributed by atoms with Gasteiger partial charge in [0, 0.05) is 17.5 Å². The Morgan fingerprint density at radius 3 is 2.69 bits per heavy atom. The van der Waals surface area contributed by atoms with Crippen LogP contribution in [0.3, 0.4) is 0 Å². The summed E-state index contributed by atoms with van der Waals surface area (Å²) in [5.74, 6) is 1.36. The highest BCUT2D eigenvalue weighted by Gasteiger charge is 2.18. The molecule has 4 aromatic rings. The van der Waals surface area contributed by atoms with Crippen molar-refractivity contribution >= 4 is 17.2 Å². The zero-order chi connectivity index (χ0) is 22.3. The minimum atomic E-state index is -0.0769. The van der Waals surface area contributed by atoms with Gasteiger partial charge < -0.3 is 19.2 Å². The normalized spacial score (nSPS) is 10.8. The van der Waals surface area contributed by atoms with E-state index in [4.69, 9.17) is 14.3 Å². The maximum atomic E-state index is 13.2. The zero-order valence-electron chi connectivity index (χ0n) is 17.7. The third-order valence-corrected chi connectivity index (χ3v) is 5.78. The van der Waals surface area contributed by atoms with Gasteiger partial charge in [-0.25, -0.2) is 4.98 Å². The highest BCUT2D eigenvalue weighted by molar-refractivity contribution is 7.09. The molecule has 0 atom stereocenters. The second-order valence-electron chi connectivity index (χ2n) is 7.43. The van der Waals surface area contributed by atoms with Crippen molar-refractivity contribution < 1.29 is 19.1 Å². The number of aliphatic hydroxyl groups is 1. The first-order chi connectivity index (χ1) is 15.6. The van der Waals surface area contributed by atoms with Crippen LogP contribution in [0.2, 0.25) is 0 Å². The molecule has 0 bridgehead atoms. The second-order valence-corrected chi connectivity index (χ2v) is 8.38. The molecule has 0 unspecified atom stereocenters. The highest BCUT2D eigenvalue weighted by atomic mass is 32.1. The van der Waals surface area contributed by atoms with E-state index in [0.717, 1.165) is 21.9 Å². The number of nitrogens with zero attached hydrogens (tertiary/aromatic N) is 2. The van der Waals surface area contributed by atoms with Gasteiger partial charge in [0.25, 0.3) is 5.91 Å². The van der Waals surface area contributed by atoms with Crippen molar-refractivity contribution in [3.63, 3.8) is 0 Å². The molecule has 0 aliphatic heterocycles. The van der Waals surface area contributed by atoms with Gasteiger partial charge in [-0.05, 0) is 48.9 Å². The van der Waals surface area contributed by atoms with Crippen LogP contribution in [-0.2, 0) is 26.3 Å². The second kappa shape index (κ2) is 10.3. The molecule has 0 spiro atoms. The van der Waals surface area contributed by atoms with Gasteiger partial charge >= 0.3 is 0 Å². The van der Waals surface area contributed by atoms with Crippen LogP contribution in [0.5, 0.6) is 5.75 Å². The Morgan fingerprint density at radius 2 is 1.97 bits per heavy atom. The SMILES string of the molecule is Cc1ccc(C(=O)N(Cc2cccc(OCc3nc(CO)cs3)c2)Cc2ccco2)cc1. The number of thiazole rings is 1. The molecule has 2 aromatic heterocycles. The van der Waals surface area contributed by atoms with E-state index in [2.05, 4.69) is 4.98 Å². The highest BCUT2D eigenvalue weighted by Crippen LogP contribution is 2.20. The van der Waals surface area contributed by atoms with E-state index in [1.807, 2.05) is 73.0 Å². The van der Waals surface area contributed by atoms with E-state index in [1.165, 1.54) is 11.3 Å². The lowest BCUT2D eigenvalue weighted by atomic mass is 10.1. The van der Waals surface area contributed by atoms with E-state index in [0.29, 0.717) is 36.7 Å². The van der Waals surface area contributed by atoms with Crippen molar-refractivity contribution in [1.82, 2.24) is 9.88 Å². The van der Waals surface area contributed by atoms with Gasteiger partial charge in [-0.3, -0.25) is 4.79 Å². The lowest BCUT2D eigenvalue weighted by Gasteiger charge is -2.22. The number of benzene rings is 2. The molecule has 1 amide bonds. The largest absolute Gasteiger partial charge is 0.486 e. The van der Waals surface area contributed by atoms with Gasteiger partial charge in [0.15, 0.2) is 0 Å². The summed E-state index contributed by atoms with van der Waals surface area (Å²) >= 11 is 1.45. The van der Waals surface area contributed by atoms with Crippen molar-refractivity contribution in [2.75, 3.05) is 0 Å². The van der Waals surface area contributed by atoms with Crippen LogP contribution in [0.4, 0.5) is 0 Å². The Bertz CT molecular complexity index is 1150. The number of carbonyl (C=O) groups excluding carboxylic acids is 1. The van der Waals surface area contributed by atoms with Crippen molar-refractivity contribution in [3.05, 3.63) is 105 Å². The standard InChI is InChI=1S/C25H24N2O4S/c1-18-7-9-20(10-8-18)25(29)27(14-23-6-3-11-30-23)13-19-4-2-5-22(12-19)31-16-24-26-21(15-28)17-32-24/h2-12,17,28H,13-16H2,1H3. The lowest BCUT2D eigenvalue weighted by molar-refractivity contribution is 0.0717. The van der Waals surface area contributed by atoms with Crippen molar-refractivity contribution in [1.29, 1.82) is 0 Å². The maximum Gasteiger partial charge on any atom is 0.254 e. The van der Waals surface area contributed by atoms with E-state index < -0.39 is 0 Å². The Morgan fingerprint density at radius 1 is 1.12 bits per heavy atom. The Balaban J connectivity index is 1.49. The summed E-state index contributed by atoms with van der Waals surface area (Å²) in [4.78, 5) is 19.3. The number of furan rings is 1. The third kappa shape index (κ3) is 5.63. The number of hydrogen-bond donors (Lipinski definition) is 1. The van der Waals surface area contributed by atoms with Crippen molar-refractivity contribution in [3.8, 4) is 5.75 Å². The lowest BCUT2D eigenvalue weighted by Crippen LogP contribution is -2.30. The molecule has 0 saturated carbocycles. The van der Waals surface area contributed by atoms with Crippen LogP contribution >= 0.6 is 11.3 Å². The summed E-state index contributed by atoms with van der Waals surface area (Å²) in [5.41, 5.74) is 3.34. The number of hydrogen-bond acceptors (Lipinski definition) is 6. The van der Waals surface area contributed by atoms with Crippen molar-refractivity contribution in [2.45, 2.75) is 33.2 Å². The summed E-state index contributed by atoms with van der Waals surface area (Å²) in [6, 6.07) is 18.9. The van der Waals surface area contributed by atoms with Gasteiger partial charge in [0.2, 0.25) is 0 Å². The topological polar surface area (TPSA) is 75.8 Å². The molecule has 0 saturated heterocycles. The van der Waals surface area contributed by atoms with Gasteiger partial charge in [0.1, 0.15) is 23.1 Å². The number of carbonyl (C=O) groups is 1. The smallest absolute Gasteiger partial charge is 0.254 e. The molecule has 32 heavy (non-hydrogen) atoms. The molecule has 4 rings (SSSR count). The van der Waals surface area contributed by atoms with Gasteiger partial charge in [-0.15, -0.1) is 11.3 Å². The Labute approximate surface area is 190 Å². The molecule has 164 valence electrons. The molecule has 1 N–H and O–H groups in total. The van der Waals surface area contributed by atoms with Crippen molar-refractivity contribution in [2.24, 2.45) is 0 Å². The molecule has 6 nitrogen and oxygen atoms in total. The summed E-state index contributed by atoms with van der Waals surface area (Å²) in [5, 5.41) is 11.8. The van der Waals surface area contributed by atoms with Crippen LogP contribution in [-0.4, -0.2) is 20.9 Å². The average molecular weight is 449 g/mol. The monoisotopic (exact) mass is 448 g/mol. The molecule has 7 heteroatoms. The number of aliphatic hydroxyl groups excluding tert-OH is 1. The zero-order valence-corrected chi connectivity index (χ0v) is 18.5. The third-order valence-electron chi connectivity index (χ3n) is 4.91. The quantitative estimate of drug-likeness (QED) is 0.392. The molecular formula is C25H24N2O4S. The van der Waals surface area contributed by atoms with Crippen LogP contribution in [0.25, 0.3) is 0 Å². The summed E-state index contributed by atoms with van der Waals surface area (Å²) < 4.78 is 11.4. The first-order valence-corrected chi connectivity index (χ1v) is 11.1. The fraction of sp³-hybridized carbons (Fsp3) is 0.200. The van der Waals surface area contributed by atoms with Gasteiger partial charge in [-0.1, -0.05) is 29.8 Å². The van der Waals surface area contributed by atoms with E-state index in [-0.39, 0.29) is 12.5 Å². The summed E-state index contributed by atoms with van der Waals surface area (Å²) in [7, 11) is 0. The molecule has 0 radical (unpaired) electrons. The van der Waals surface area contributed by atoms with Crippen LogP contribution in [0.1, 0.15) is 37.9 Å². The fourth-order valence-electron chi connectivity index (χ4n) is 3.26. The Hall–Kier alpha value is -3.42. The first kappa shape index (κ1) is 21.8. The Kier molecular flexibility index (Phi) is 6.99. The molecule has 0 aliphatic carbocycles. The average Bonchev–Trinajstić information content (AvgIpc) is 3.49. The number of aryl methyl sites for hydroxylation is 1. The maximum absolute atomic E-state index is 13.2. The van der Waals surface area contributed by atoms with Crippen LogP contribution < -0.4 is 4.74 Å². The summed E-state index contributed by atoms with van der Waals surface area (Å²) in [6.07, 6.45) is 1.61. The van der Waals surface area contributed by atoms with Gasteiger partial charge in [0.05, 0.1) is 25.1 Å². The summed E-state index contributed by atoms with van der Waals surface area (Å²) in [6.45, 7) is 3.03. The molecule has 0 aliphatic rings. The van der Waals surface area contributed by atoms with Gasteiger partial charge in [-0.2, -0.15) is 0 Å². The number of amides is 1. The molecule has 2 heterocycles. The molecular weight excluding hydrogens is 424 g/mol. The van der Waals surface area contributed by atoms with E-state index >= 15 is 0 Å².